The Bertz CT molecular complexity index is 431. The molecule has 2 fully saturated rings. The van der Waals surface area contributed by atoms with E-state index in [1.54, 1.807) is 0 Å². The molecule has 4 heteroatoms. The molecule has 2 heterocycles. The van der Waals surface area contributed by atoms with Gasteiger partial charge in [-0.2, -0.15) is 0 Å². The predicted molar refractivity (Wildman–Crippen MR) is 68.4 cm³/mol. The highest BCUT2D eigenvalue weighted by Crippen LogP contribution is 2.31. The first kappa shape index (κ1) is 12.6. The maximum absolute atomic E-state index is 11.5. The first-order chi connectivity index (χ1) is 9.33. The normalized spacial score (nSPS) is 31.8. The highest BCUT2D eigenvalue weighted by molar-refractivity contribution is 5.69. The van der Waals surface area contributed by atoms with E-state index < -0.39 is 0 Å². The molecule has 102 valence electrons. The maximum atomic E-state index is 11.5. The summed E-state index contributed by atoms with van der Waals surface area (Å²) in [4.78, 5) is 11.5. The molecule has 1 aromatic rings. The molecule has 0 aliphatic carbocycles. The third kappa shape index (κ3) is 2.96. The third-order valence-electron chi connectivity index (χ3n) is 3.60. The van der Waals surface area contributed by atoms with Crippen LogP contribution in [-0.2, 0) is 19.0 Å². The standard InChI is InChI=1S/C15H18O4/c16-14-9-5-4-8-12-13(18-14)10-17-15(19-12)11-6-2-1-3-7-11/h1-3,6-7,12-13,15H,4-5,8-10H2/t12-,13+,15+/m1/s1. The average Bonchev–Trinajstić information content (AvgIpc) is 2.43. The number of carbonyl (C=O) groups is 1. The van der Waals surface area contributed by atoms with E-state index in [0.717, 1.165) is 24.8 Å². The maximum Gasteiger partial charge on any atom is 0.306 e. The SMILES string of the molecule is O=C1CCCC[C@H]2O[C@@H](c3ccccc3)OC[C@@H]2O1. The van der Waals surface area contributed by atoms with E-state index in [2.05, 4.69) is 0 Å². The average molecular weight is 262 g/mol. The molecular weight excluding hydrogens is 244 g/mol. The lowest BCUT2D eigenvalue weighted by Crippen LogP contribution is -2.44. The fourth-order valence-electron chi connectivity index (χ4n) is 2.57. The number of hydrogen-bond acceptors (Lipinski definition) is 4. The molecule has 3 rings (SSSR count). The van der Waals surface area contributed by atoms with Gasteiger partial charge in [-0.15, -0.1) is 0 Å². The molecular formula is C15H18O4. The Kier molecular flexibility index (Phi) is 3.80. The number of hydrogen-bond donors (Lipinski definition) is 0. The van der Waals surface area contributed by atoms with Crippen molar-refractivity contribution in [1.82, 2.24) is 0 Å². The zero-order chi connectivity index (χ0) is 13.1. The molecule has 2 saturated heterocycles. The number of fused-ring (bicyclic) bond motifs is 1. The summed E-state index contributed by atoms with van der Waals surface area (Å²) in [6.07, 6.45) is 2.65. The van der Waals surface area contributed by atoms with Crippen LogP contribution in [0.2, 0.25) is 0 Å². The van der Waals surface area contributed by atoms with Crippen LogP contribution in [0.3, 0.4) is 0 Å². The number of esters is 1. The van der Waals surface area contributed by atoms with Crippen LogP contribution in [0.25, 0.3) is 0 Å². The molecule has 0 saturated carbocycles. The molecule has 2 aliphatic rings. The zero-order valence-corrected chi connectivity index (χ0v) is 10.8. The molecule has 19 heavy (non-hydrogen) atoms. The Hall–Kier alpha value is -1.39. The Morgan fingerprint density at radius 1 is 1.05 bits per heavy atom. The van der Waals surface area contributed by atoms with Crippen molar-refractivity contribution >= 4 is 5.97 Å². The summed E-state index contributed by atoms with van der Waals surface area (Å²) in [5.41, 5.74) is 1.01. The lowest BCUT2D eigenvalue weighted by atomic mass is 10.0. The first-order valence-corrected chi connectivity index (χ1v) is 6.84. The van der Waals surface area contributed by atoms with Crippen molar-refractivity contribution < 1.29 is 19.0 Å². The number of ether oxygens (including phenoxy) is 3. The molecule has 1 aromatic carbocycles. The summed E-state index contributed by atoms with van der Waals surface area (Å²) < 4.78 is 17.0. The van der Waals surface area contributed by atoms with Crippen molar-refractivity contribution in [2.45, 2.75) is 44.2 Å². The van der Waals surface area contributed by atoms with Gasteiger partial charge in [0.15, 0.2) is 12.4 Å². The van der Waals surface area contributed by atoms with Crippen LogP contribution in [0.15, 0.2) is 30.3 Å². The van der Waals surface area contributed by atoms with Gasteiger partial charge in [0.1, 0.15) is 6.10 Å². The van der Waals surface area contributed by atoms with Gasteiger partial charge in [-0.05, 0) is 12.8 Å². The third-order valence-corrected chi connectivity index (χ3v) is 3.60. The second-order valence-electron chi connectivity index (χ2n) is 5.02. The molecule has 0 bridgehead atoms. The summed E-state index contributed by atoms with van der Waals surface area (Å²) in [6.45, 7) is 0.413. The van der Waals surface area contributed by atoms with E-state index in [1.165, 1.54) is 0 Å². The fraction of sp³-hybridized carbons (Fsp3) is 0.533. The largest absolute Gasteiger partial charge is 0.457 e. The molecule has 3 atom stereocenters. The monoisotopic (exact) mass is 262 g/mol. The summed E-state index contributed by atoms with van der Waals surface area (Å²) in [5, 5.41) is 0. The summed E-state index contributed by atoms with van der Waals surface area (Å²) in [6, 6.07) is 9.87. The minimum absolute atomic E-state index is 0.0526. The second-order valence-corrected chi connectivity index (χ2v) is 5.02. The molecule has 0 N–H and O–H groups in total. The van der Waals surface area contributed by atoms with Crippen molar-refractivity contribution in [2.24, 2.45) is 0 Å². The highest BCUT2D eigenvalue weighted by Gasteiger charge is 2.35. The molecule has 0 unspecified atom stereocenters. The Balaban J connectivity index is 1.70. The van der Waals surface area contributed by atoms with Crippen LogP contribution in [0.1, 0.15) is 37.5 Å². The van der Waals surface area contributed by atoms with Crippen molar-refractivity contribution in [3.05, 3.63) is 35.9 Å². The number of carbonyl (C=O) groups excluding carboxylic acids is 1. The van der Waals surface area contributed by atoms with Gasteiger partial charge in [0.2, 0.25) is 0 Å². The molecule has 4 nitrogen and oxygen atoms in total. The molecule has 2 aliphatic heterocycles. The summed E-state index contributed by atoms with van der Waals surface area (Å²) in [7, 11) is 0. The minimum atomic E-state index is -0.347. The van der Waals surface area contributed by atoms with E-state index >= 15 is 0 Å². The van der Waals surface area contributed by atoms with Gasteiger partial charge in [0, 0.05) is 12.0 Å². The van der Waals surface area contributed by atoms with E-state index in [0.29, 0.717) is 13.0 Å². The smallest absolute Gasteiger partial charge is 0.306 e. The predicted octanol–water partition coefficient (Wildman–Crippen LogP) is 2.59. The molecule has 0 aromatic heterocycles. The van der Waals surface area contributed by atoms with Gasteiger partial charge in [0.25, 0.3) is 0 Å². The summed E-state index contributed by atoms with van der Waals surface area (Å²) >= 11 is 0. The minimum Gasteiger partial charge on any atom is -0.457 e. The molecule has 0 spiro atoms. The highest BCUT2D eigenvalue weighted by atomic mass is 16.7. The van der Waals surface area contributed by atoms with Gasteiger partial charge in [-0.3, -0.25) is 4.79 Å². The van der Waals surface area contributed by atoms with Gasteiger partial charge in [-0.1, -0.05) is 36.8 Å². The fourth-order valence-corrected chi connectivity index (χ4v) is 2.57. The first-order valence-electron chi connectivity index (χ1n) is 6.84. The van der Waals surface area contributed by atoms with Crippen molar-refractivity contribution in [3.63, 3.8) is 0 Å². The number of rotatable bonds is 1. The van der Waals surface area contributed by atoms with E-state index in [1.807, 2.05) is 30.3 Å². The van der Waals surface area contributed by atoms with Gasteiger partial charge in [-0.25, -0.2) is 0 Å². The van der Waals surface area contributed by atoms with Crippen LogP contribution in [-0.4, -0.2) is 24.8 Å². The molecule has 0 amide bonds. The van der Waals surface area contributed by atoms with Crippen molar-refractivity contribution in [1.29, 1.82) is 0 Å². The summed E-state index contributed by atoms with van der Waals surface area (Å²) in [5.74, 6) is -0.139. The van der Waals surface area contributed by atoms with Crippen LogP contribution >= 0.6 is 0 Å². The van der Waals surface area contributed by atoms with E-state index in [4.69, 9.17) is 14.2 Å². The van der Waals surface area contributed by atoms with Crippen molar-refractivity contribution in [2.75, 3.05) is 6.61 Å². The molecule has 0 radical (unpaired) electrons. The van der Waals surface area contributed by atoms with Crippen molar-refractivity contribution in [3.8, 4) is 0 Å². The zero-order valence-electron chi connectivity index (χ0n) is 10.8. The van der Waals surface area contributed by atoms with E-state index in [9.17, 15) is 4.79 Å². The number of benzene rings is 1. The quantitative estimate of drug-likeness (QED) is 0.730. The lowest BCUT2D eigenvalue weighted by molar-refractivity contribution is -0.265. The van der Waals surface area contributed by atoms with Gasteiger partial charge in [0.05, 0.1) is 6.61 Å². The Labute approximate surface area is 112 Å². The Morgan fingerprint density at radius 3 is 2.74 bits per heavy atom. The Morgan fingerprint density at radius 2 is 1.89 bits per heavy atom. The van der Waals surface area contributed by atoms with Crippen LogP contribution < -0.4 is 0 Å². The lowest BCUT2D eigenvalue weighted by Gasteiger charge is -2.37. The van der Waals surface area contributed by atoms with E-state index in [-0.39, 0.29) is 24.5 Å². The van der Waals surface area contributed by atoms with Crippen LogP contribution in [0, 0.1) is 0 Å². The van der Waals surface area contributed by atoms with Crippen LogP contribution in [0.4, 0.5) is 0 Å². The van der Waals surface area contributed by atoms with Crippen LogP contribution in [0.5, 0.6) is 0 Å². The topological polar surface area (TPSA) is 44.8 Å². The van der Waals surface area contributed by atoms with Gasteiger partial charge >= 0.3 is 5.97 Å². The van der Waals surface area contributed by atoms with Gasteiger partial charge < -0.3 is 14.2 Å². The second kappa shape index (κ2) is 5.72.